The molecule has 3 nitrogen and oxygen atoms in total. The molecule has 0 aliphatic carbocycles. The maximum atomic E-state index is 5.25. The summed E-state index contributed by atoms with van der Waals surface area (Å²) in [6.45, 7) is 17.8. The lowest BCUT2D eigenvalue weighted by Crippen LogP contribution is -2.51. The second-order valence-corrected chi connectivity index (χ2v) is 6.62. The van der Waals surface area contributed by atoms with E-state index in [9.17, 15) is 0 Å². The van der Waals surface area contributed by atoms with Crippen LogP contribution in [0.25, 0.3) is 0 Å². The van der Waals surface area contributed by atoms with Crippen molar-refractivity contribution in [3.63, 3.8) is 0 Å². The van der Waals surface area contributed by atoms with Gasteiger partial charge in [-0.05, 0) is 31.7 Å². The normalized spacial score (nSPS) is 15.8. The van der Waals surface area contributed by atoms with Crippen LogP contribution in [-0.4, -0.2) is 50.3 Å². The minimum atomic E-state index is 0.286. The van der Waals surface area contributed by atoms with E-state index in [2.05, 4.69) is 51.8 Å². The monoisotopic (exact) mass is 272 g/mol. The van der Waals surface area contributed by atoms with E-state index in [0.717, 1.165) is 26.2 Å². The molecule has 0 aliphatic heterocycles. The number of rotatable bonds is 10. The molecule has 0 radical (unpaired) electrons. The SMILES string of the molecule is CCCNC(CN(CCOC)C(C)CC)C(C)(C)C. The van der Waals surface area contributed by atoms with E-state index in [-0.39, 0.29) is 5.41 Å². The molecule has 0 saturated heterocycles. The Balaban J connectivity index is 4.61. The predicted octanol–water partition coefficient (Wildman–Crippen LogP) is 3.15. The van der Waals surface area contributed by atoms with Gasteiger partial charge in [0.25, 0.3) is 0 Å². The van der Waals surface area contributed by atoms with Crippen molar-refractivity contribution in [2.75, 3.05) is 33.4 Å². The van der Waals surface area contributed by atoms with Crippen molar-refractivity contribution in [3.8, 4) is 0 Å². The average Bonchev–Trinajstić information content (AvgIpc) is 2.35. The summed E-state index contributed by atoms with van der Waals surface area (Å²) in [5.41, 5.74) is 0.286. The van der Waals surface area contributed by atoms with Gasteiger partial charge in [0.2, 0.25) is 0 Å². The fourth-order valence-corrected chi connectivity index (χ4v) is 2.16. The van der Waals surface area contributed by atoms with Gasteiger partial charge in [-0.1, -0.05) is 34.6 Å². The Morgan fingerprint density at radius 2 is 1.84 bits per heavy atom. The third-order valence-electron chi connectivity index (χ3n) is 3.90. The summed E-state index contributed by atoms with van der Waals surface area (Å²) in [5.74, 6) is 0. The highest BCUT2D eigenvalue weighted by Gasteiger charge is 2.27. The van der Waals surface area contributed by atoms with Crippen molar-refractivity contribution in [1.29, 1.82) is 0 Å². The van der Waals surface area contributed by atoms with Crippen molar-refractivity contribution >= 4 is 0 Å². The Morgan fingerprint density at radius 3 is 2.26 bits per heavy atom. The fourth-order valence-electron chi connectivity index (χ4n) is 2.16. The summed E-state index contributed by atoms with van der Waals surface area (Å²) in [5, 5.41) is 3.71. The highest BCUT2D eigenvalue weighted by molar-refractivity contribution is 4.84. The number of nitrogens with zero attached hydrogens (tertiary/aromatic N) is 1. The summed E-state index contributed by atoms with van der Waals surface area (Å²) < 4.78 is 5.25. The van der Waals surface area contributed by atoms with Gasteiger partial charge in [-0.2, -0.15) is 0 Å². The minimum Gasteiger partial charge on any atom is -0.383 e. The number of hydrogen-bond donors (Lipinski definition) is 1. The summed E-state index contributed by atoms with van der Waals surface area (Å²) in [4.78, 5) is 2.56. The molecule has 19 heavy (non-hydrogen) atoms. The molecule has 3 heteroatoms. The predicted molar refractivity (Wildman–Crippen MR) is 84.7 cm³/mol. The first-order valence-electron chi connectivity index (χ1n) is 7.83. The largest absolute Gasteiger partial charge is 0.383 e. The Hall–Kier alpha value is -0.120. The summed E-state index contributed by atoms with van der Waals surface area (Å²) >= 11 is 0. The van der Waals surface area contributed by atoms with E-state index in [1.165, 1.54) is 12.8 Å². The van der Waals surface area contributed by atoms with Crippen LogP contribution in [-0.2, 0) is 4.74 Å². The van der Waals surface area contributed by atoms with Crippen LogP contribution in [0.15, 0.2) is 0 Å². The van der Waals surface area contributed by atoms with Gasteiger partial charge in [0.1, 0.15) is 0 Å². The lowest BCUT2D eigenvalue weighted by atomic mass is 9.86. The molecule has 0 rings (SSSR count). The Kier molecular flexibility index (Phi) is 9.67. The molecule has 0 amide bonds. The Morgan fingerprint density at radius 1 is 1.21 bits per heavy atom. The summed E-state index contributed by atoms with van der Waals surface area (Å²) in [6, 6.07) is 1.14. The first kappa shape index (κ1) is 18.9. The highest BCUT2D eigenvalue weighted by atomic mass is 16.5. The van der Waals surface area contributed by atoms with Crippen LogP contribution in [0.5, 0.6) is 0 Å². The number of ether oxygens (including phenoxy) is 1. The van der Waals surface area contributed by atoms with Crippen LogP contribution in [0.3, 0.4) is 0 Å². The molecular weight excluding hydrogens is 236 g/mol. The van der Waals surface area contributed by atoms with Crippen molar-refractivity contribution in [2.45, 2.75) is 66.5 Å². The van der Waals surface area contributed by atoms with E-state index in [4.69, 9.17) is 4.74 Å². The molecule has 0 aromatic heterocycles. The highest BCUT2D eigenvalue weighted by Crippen LogP contribution is 2.21. The molecule has 0 heterocycles. The molecule has 0 saturated carbocycles. The molecule has 2 atom stereocenters. The standard InChI is InChI=1S/C16H36N2O/c1-8-10-17-15(16(4,5)6)13-18(11-12-19-7)14(3)9-2/h14-15,17H,8-13H2,1-7H3. The lowest BCUT2D eigenvalue weighted by molar-refractivity contribution is 0.0955. The first-order valence-corrected chi connectivity index (χ1v) is 7.83. The lowest BCUT2D eigenvalue weighted by Gasteiger charge is -2.38. The number of methoxy groups -OCH3 is 1. The summed E-state index contributed by atoms with van der Waals surface area (Å²) in [6.07, 6.45) is 2.38. The topological polar surface area (TPSA) is 24.5 Å². The molecule has 0 aromatic carbocycles. The van der Waals surface area contributed by atoms with Crippen LogP contribution >= 0.6 is 0 Å². The second kappa shape index (κ2) is 9.73. The van der Waals surface area contributed by atoms with Crippen LogP contribution in [0, 0.1) is 5.41 Å². The third kappa shape index (κ3) is 7.91. The van der Waals surface area contributed by atoms with Gasteiger partial charge >= 0.3 is 0 Å². The second-order valence-electron chi connectivity index (χ2n) is 6.62. The van der Waals surface area contributed by atoms with E-state index in [1.54, 1.807) is 7.11 Å². The third-order valence-corrected chi connectivity index (χ3v) is 3.90. The molecule has 2 unspecified atom stereocenters. The van der Waals surface area contributed by atoms with Gasteiger partial charge in [0.15, 0.2) is 0 Å². The zero-order valence-corrected chi connectivity index (χ0v) is 14.3. The van der Waals surface area contributed by atoms with E-state index >= 15 is 0 Å². The molecule has 0 bridgehead atoms. The zero-order valence-electron chi connectivity index (χ0n) is 14.3. The maximum Gasteiger partial charge on any atom is 0.0589 e. The van der Waals surface area contributed by atoms with Crippen molar-refractivity contribution < 1.29 is 4.74 Å². The van der Waals surface area contributed by atoms with Crippen molar-refractivity contribution in [2.24, 2.45) is 5.41 Å². The van der Waals surface area contributed by atoms with Gasteiger partial charge in [0.05, 0.1) is 6.61 Å². The van der Waals surface area contributed by atoms with E-state index < -0.39 is 0 Å². The van der Waals surface area contributed by atoms with Gasteiger partial charge < -0.3 is 10.1 Å². The van der Waals surface area contributed by atoms with Gasteiger partial charge in [-0.3, -0.25) is 4.90 Å². The number of hydrogen-bond acceptors (Lipinski definition) is 3. The maximum absolute atomic E-state index is 5.25. The van der Waals surface area contributed by atoms with Crippen molar-refractivity contribution in [3.05, 3.63) is 0 Å². The molecule has 116 valence electrons. The molecule has 0 aliphatic rings. The van der Waals surface area contributed by atoms with Gasteiger partial charge in [-0.25, -0.2) is 0 Å². The fraction of sp³-hybridized carbons (Fsp3) is 1.00. The van der Waals surface area contributed by atoms with Crippen LogP contribution in [0.1, 0.15) is 54.4 Å². The first-order chi connectivity index (χ1) is 8.86. The van der Waals surface area contributed by atoms with Crippen LogP contribution in [0.4, 0.5) is 0 Å². The smallest absolute Gasteiger partial charge is 0.0589 e. The molecular formula is C16H36N2O. The average molecular weight is 272 g/mol. The van der Waals surface area contributed by atoms with Gasteiger partial charge in [-0.15, -0.1) is 0 Å². The molecule has 1 N–H and O–H groups in total. The molecule has 0 fully saturated rings. The molecule has 0 aromatic rings. The zero-order chi connectivity index (χ0) is 14.9. The summed E-state index contributed by atoms with van der Waals surface area (Å²) in [7, 11) is 1.78. The van der Waals surface area contributed by atoms with E-state index in [0.29, 0.717) is 12.1 Å². The quantitative estimate of drug-likeness (QED) is 0.661. The van der Waals surface area contributed by atoms with Gasteiger partial charge in [0, 0.05) is 32.3 Å². The van der Waals surface area contributed by atoms with Crippen LogP contribution in [0.2, 0.25) is 0 Å². The Labute approximate surface area is 121 Å². The Bertz CT molecular complexity index is 213. The van der Waals surface area contributed by atoms with Crippen LogP contribution < -0.4 is 5.32 Å². The van der Waals surface area contributed by atoms with E-state index in [1.807, 2.05) is 0 Å². The minimum absolute atomic E-state index is 0.286. The molecule has 0 spiro atoms. The van der Waals surface area contributed by atoms with Crippen molar-refractivity contribution in [1.82, 2.24) is 10.2 Å². The number of nitrogens with one attached hydrogen (secondary N) is 1.